The predicted octanol–water partition coefficient (Wildman–Crippen LogP) is 2.24. The van der Waals surface area contributed by atoms with Crippen LogP contribution in [-0.4, -0.2) is 16.9 Å². The number of aromatic hydroxyl groups is 1. The standard InChI is InChI=1S/C15H15NO3/c1-9-2-7-12-13(8-9)15(19)16(14(12)18)10-3-5-11(17)6-4-10/h2-6,12-13,17H,7-8H2,1H3/t12-,13-/m0/s1. The molecule has 2 atom stereocenters. The summed E-state index contributed by atoms with van der Waals surface area (Å²) in [6.07, 6.45) is 3.37. The SMILES string of the molecule is CC1=CC[C@@H]2C(=O)N(c3ccc(O)cc3)C(=O)[C@H]2C1. The van der Waals surface area contributed by atoms with Gasteiger partial charge in [-0.2, -0.15) is 0 Å². The molecule has 1 aliphatic carbocycles. The second-order valence-corrected chi connectivity index (χ2v) is 5.23. The van der Waals surface area contributed by atoms with Gasteiger partial charge in [0.25, 0.3) is 0 Å². The van der Waals surface area contributed by atoms with Crippen LogP contribution in [-0.2, 0) is 9.59 Å². The summed E-state index contributed by atoms with van der Waals surface area (Å²) in [6, 6.07) is 6.17. The van der Waals surface area contributed by atoms with Crippen molar-refractivity contribution in [3.05, 3.63) is 35.9 Å². The van der Waals surface area contributed by atoms with E-state index >= 15 is 0 Å². The fraction of sp³-hybridized carbons (Fsp3) is 0.333. The average molecular weight is 257 g/mol. The van der Waals surface area contributed by atoms with Crippen LogP contribution in [0.1, 0.15) is 19.8 Å². The summed E-state index contributed by atoms with van der Waals surface area (Å²) in [4.78, 5) is 26.0. The molecule has 0 unspecified atom stereocenters. The third kappa shape index (κ3) is 1.84. The third-order valence-corrected chi connectivity index (χ3v) is 3.93. The maximum Gasteiger partial charge on any atom is 0.238 e. The van der Waals surface area contributed by atoms with Crippen LogP contribution in [0.5, 0.6) is 5.75 Å². The Hall–Kier alpha value is -2.10. The van der Waals surface area contributed by atoms with Crippen LogP contribution < -0.4 is 4.90 Å². The van der Waals surface area contributed by atoms with Crippen molar-refractivity contribution in [1.82, 2.24) is 0 Å². The van der Waals surface area contributed by atoms with Gasteiger partial charge in [0.1, 0.15) is 5.75 Å². The van der Waals surface area contributed by atoms with Gasteiger partial charge in [-0.05, 0) is 44.0 Å². The molecule has 0 bridgehead atoms. The highest BCUT2D eigenvalue weighted by molar-refractivity contribution is 6.22. The van der Waals surface area contributed by atoms with Crippen molar-refractivity contribution >= 4 is 17.5 Å². The number of imide groups is 1. The first-order chi connectivity index (χ1) is 9.08. The fourth-order valence-electron chi connectivity index (χ4n) is 2.89. The summed E-state index contributed by atoms with van der Waals surface area (Å²) in [5.74, 6) is -0.549. The van der Waals surface area contributed by atoms with Gasteiger partial charge < -0.3 is 5.11 Å². The van der Waals surface area contributed by atoms with Gasteiger partial charge in [-0.25, -0.2) is 0 Å². The van der Waals surface area contributed by atoms with Crippen molar-refractivity contribution < 1.29 is 14.7 Å². The van der Waals surface area contributed by atoms with Crippen LogP contribution in [0.4, 0.5) is 5.69 Å². The van der Waals surface area contributed by atoms with E-state index in [0.717, 1.165) is 0 Å². The Morgan fingerprint density at radius 2 is 1.74 bits per heavy atom. The van der Waals surface area contributed by atoms with Gasteiger partial charge in [0.05, 0.1) is 17.5 Å². The number of amides is 2. The number of phenolic OH excluding ortho intramolecular Hbond substituents is 1. The maximum atomic E-state index is 12.4. The summed E-state index contributed by atoms with van der Waals surface area (Å²) in [5, 5.41) is 9.28. The third-order valence-electron chi connectivity index (χ3n) is 3.93. The van der Waals surface area contributed by atoms with Crippen LogP contribution in [0.15, 0.2) is 35.9 Å². The van der Waals surface area contributed by atoms with E-state index in [2.05, 4.69) is 0 Å². The molecule has 1 N–H and O–H groups in total. The molecule has 98 valence electrons. The topological polar surface area (TPSA) is 57.6 Å². The van der Waals surface area contributed by atoms with E-state index in [1.54, 1.807) is 12.1 Å². The van der Waals surface area contributed by atoms with E-state index in [0.29, 0.717) is 18.5 Å². The summed E-state index contributed by atoms with van der Waals surface area (Å²) < 4.78 is 0. The highest BCUT2D eigenvalue weighted by Gasteiger charge is 2.48. The van der Waals surface area contributed by atoms with Gasteiger partial charge >= 0.3 is 0 Å². The normalized spacial score (nSPS) is 26.4. The Morgan fingerprint density at radius 3 is 2.42 bits per heavy atom. The van der Waals surface area contributed by atoms with E-state index in [4.69, 9.17) is 0 Å². The quantitative estimate of drug-likeness (QED) is 0.620. The number of benzene rings is 1. The van der Waals surface area contributed by atoms with E-state index in [1.165, 1.54) is 22.6 Å². The molecule has 1 aromatic carbocycles. The molecule has 4 heteroatoms. The minimum atomic E-state index is -0.218. The number of carbonyl (C=O) groups is 2. The molecule has 19 heavy (non-hydrogen) atoms. The molecular formula is C15H15NO3. The van der Waals surface area contributed by atoms with Crippen LogP contribution in [0.2, 0.25) is 0 Å². The van der Waals surface area contributed by atoms with Gasteiger partial charge in [-0.15, -0.1) is 0 Å². The van der Waals surface area contributed by atoms with Crippen LogP contribution >= 0.6 is 0 Å². The number of nitrogens with zero attached hydrogens (tertiary/aromatic N) is 1. The largest absolute Gasteiger partial charge is 0.508 e. The first-order valence-corrected chi connectivity index (χ1v) is 6.40. The Balaban J connectivity index is 1.95. The smallest absolute Gasteiger partial charge is 0.238 e. The van der Waals surface area contributed by atoms with Gasteiger partial charge in [0.2, 0.25) is 11.8 Å². The zero-order valence-electron chi connectivity index (χ0n) is 10.7. The number of hydrogen-bond acceptors (Lipinski definition) is 3. The number of anilines is 1. The average Bonchev–Trinajstić information content (AvgIpc) is 2.63. The maximum absolute atomic E-state index is 12.4. The van der Waals surface area contributed by atoms with Gasteiger partial charge in [0.15, 0.2) is 0 Å². The van der Waals surface area contributed by atoms with Crippen molar-refractivity contribution in [1.29, 1.82) is 0 Å². The first kappa shape index (κ1) is 12.0. The molecule has 3 rings (SSSR count). The predicted molar refractivity (Wildman–Crippen MR) is 70.6 cm³/mol. The summed E-state index contributed by atoms with van der Waals surface area (Å²) >= 11 is 0. The minimum Gasteiger partial charge on any atom is -0.508 e. The molecule has 0 radical (unpaired) electrons. The number of hydrogen-bond donors (Lipinski definition) is 1. The molecule has 2 aliphatic rings. The summed E-state index contributed by atoms with van der Waals surface area (Å²) in [7, 11) is 0. The van der Waals surface area contributed by atoms with Gasteiger partial charge in [-0.3, -0.25) is 14.5 Å². The number of rotatable bonds is 1. The zero-order chi connectivity index (χ0) is 13.6. The Labute approximate surface area is 111 Å². The molecule has 0 saturated carbocycles. The molecule has 1 aromatic rings. The van der Waals surface area contributed by atoms with E-state index in [9.17, 15) is 14.7 Å². The molecule has 0 spiro atoms. The molecule has 2 amide bonds. The minimum absolute atomic E-state index is 0.117. The van der Waals surface area contributed by atoms with E-state index in [1.807, 2.05) is 13.0 Å². The van der Waals surface area contributed by atoms with Crippen molar-refractivity contribution in [2.45, 2.75) is 19.8 Å². The number of carbonyl (C=O) groups excluding carboxylic acids is 2. The second kappa shape index (κ2) is 4.23. The molecule has 1 fully saturated rings. The summed E-state index contributed by atoms with van der Waals surface area (Å²) in [6.45, 7) is 2.00. The van der Waals surface area contributed by atoms with Gasteiger partial charge in [0, 0.05) is 0 Å². The monoisotopic (exact) mass is 257 g/mol. The fourth-order valence-corrected chi connectivity index (χ4v) is 2.89. The molecule has 4 nitrogen and oxygen atoms in total. The zero-order valence-corrected chi connectivity index (χ0v) is 10.7. The highest BCUT2D eigenvalue weighted by atomic mass is 16.3. The van der Waals surface area contributed by atoms with Crippen molar-refractivity contribution in [3.8, 4) is 5.75 Å². The second-order valence-electron chi connectivity index (χ2n) is 5.23. The molecule has 0 aromatic heterocycles. The molecule has 1 heterocycles. The van der Waals surface area contributed by atoms with Crippen molar-refractivity contribution in [2.75, 3.05) is 4.90 Å². The number of allylic oxidation sites excluding steroid dienone is 2. The summed E-state index contributed by atoms with van der Waals surface area (Å²) in [5.41, 5.74) is 1.72. The van der Waals surface area contributed by atoms with E-state index < -0.39 is 0 Å². The number of phenols is 1. The van der Waals surface area contributed by atoms with Gasteiger partial charge in [-0.1, -0.05) is 11.6 Å². The lowest BCUT2D eigenvalue weighted by Crippen LogP contribution is -2.30. The Morgan fingerprint density at radius 1 is 1.11 bits per heavy atom. The lowest BCUT2D eigenvalue weighted by molar-refractivity contribution is -0.122. The van der Waals surface area contributed by atoms with Crippen molar-refractivity contribution in [2.24, 2.45) is 11.8 Å². The molecule has 1 aliphatic heterocycles. The Kier molecular flexibility index (Phi) is 2.66. The van der Waals surface area contributed by atoms with Crippen molar-refractivity contribution in [3.63, 3.8) is 0 Å². The van der Waals surface area contributed by atoms with Crippen LogP contribution in [0.25, 0.3) is 0 Å². The lowest BCUT2D eigenvalue weighted by atomic mass is 9.82. The molecule has 1 saturated heterocycles. The first-order valence-electron chi connectivity index (χ1n) is 6.40. The lowest BCUT2D eigenvalue weighted by Gasteiger charge is -2.18. The Bertz CT molecular complexity index is 574. The van der Waals surface area contributed by atoms with Crippen LogP contribution in [0.3, 0.4) is 0 Å². The number of fused-ring (bicyclic) bond motifs is 1. The molecular weight excluding hydrogens is 242 g/mol. The van der Waals surface area contributed by atoms with Crippen LogP contribution in [0, 0.1) is 11.8 Å². The highest BCUT2D eigenvalue weighted by Crippen LogP contribution is 2.39. The van der Waals surface area contributed by atoms with E-state index in [-0.39, 0.29) is 29.4 Å².